The smallest absolute Gasteiger partial charge is 0.148 e. The first-order chi connectivity index (χ1) is 33.5. The summed E-state index contributed by atoms with van der Waals surface area (Å²) in [5.74, 6) is 0.920. The maximum Gasteiger partial charge on any atom is 0.148 e. The van der Waals surface area contributed by atoms with E-state index in [4.69, 9.17) is 9.97 Å². The third-order valence-electron chi connectivity index (χ3n) is 13.5. The zero-order chi connectivity index (χ0) is 49.0. The van der Waals surface area contributed by atoms with Crippen LogP contribution in [0.1, 0.15) is 79.0 Å². The van der Waals surface area contributed by atoms with Crippen molar-refractivity contribution < 1.29 is 26.2 Å². The van der Waals surface area contributed by atoms with Crippen LogP contribution in [0.5, 0.6) is 5.75 Å². The molecule has 0 saturated carbocycles. The van der Waals surface area contributed by atoms with Gasteiger partial charge in [-0.25, -0.2) is 4.98 Å². The fraction of sp³-hybridized carbons (Fsp3) is 0.182. The summed E-state index contributed by atoms with van der Waals surface area (Å²) in [5, 5.41) is 12.6. The first-order valence-electron chi connectivity index (χ1n) is 24.4. The SMILES string of the molecule is CC(C)(C)c1cc(-c2ccccc2)cc(-n2c(-c3cc(C(C)(C)C)cc(C(C)(C)C)c3O)nc3c(-c4[c-]c(-c5cc(-c6ccc(-c7ccccc7)cc6)ccn5)cc(-c5ccccc5)c4)cccc32)c1.[Pt]. The Bertz CT molecular complexity index is 3520. The molecule has 10 rings (SSSR count). The molecule has 0 fully saturated rings. The van der Waals surface area contributed by atoms with Crippen molar-refractivity contribution in [2.24, 2.45) is 0 Å². The van der Waals surface area contributed by atoms with E-state index in [1.54, 1.807) is 0 Å². The molecule has 0 bridgehead atoms. The van der Waals surface area contributed by atoms with Gasteiger partial charge in [0.05, 0.1) is 16.6 Å². The predicted octanol–water partition coefficient (Wildman–Crippen LogP) is 17.5. The molecule has 2 heterocycles. The average molecular weight is 1110 g/mol. The summed E-state index contributed by atoms with van der Waals surface area (Å²) in [5.41, 5.74) is 18.4. The molecule has 71 heavy (non-hydrogen) atoms. The molecule has 0 aliphatic heterocycles. The second-order valence-corrected chi connectivity index (χ2v) is 21.7. The van der Waals surface area contributed by atoms with Crippen LogP contribution in [0.3, 0.4) is 0 Å². The van der Waals surface area contributed by atoms with Gasteiger partial charge in [0.1, 0.15) is 11.6 Å². The number of phenolic OH excluding ortho intramolecular Hbond substituents is 1. The fourth-order valence-electron chi connectivity index (χ4n) is 9.43. The Morgan fingerprint density at radius 1 is 0.437 bits per heavy atom. The van der Waals surface area contributed by atoms with Gasteiger partial charge in [-0.1, -0.05) is 225 Å². The summed E-state index contributed by atoms with van der Waals surface area (Å²) in [6.45, 7) is 20.0. The molecule has 2 aromatic heterocycles. The number of rotatable bonds is 8. The minimum atomic E-state index is -0.338. The van der Waals surface area contributed by atoms with Gasteiger partial charge in [-0.2, -0.15) is 0 Å². The Hall–Kier alpha value is -7.13. The maximum absolute atomic E-state index is 12.6. The van der Waals surface area contributed by atoms with Crippen molar-refractivity contribution >= 4 is 11.0 Å². The quantitative estimate of drug-likeness (QED) is 0.154. The number of para-hydroxylation sites is 1. The van der Waals surface area contributed by atoms with Gasteiger partial charge in [0.25, 0.3) is 0 Å². The van der Waals surface area contributed by atoms with Crippen LogP contribution in [-0.2, 0) is 37.3 Å². The first-order valence-corrected chi connectivity index (χ1v) is 24.4. The summed E-state index contributed by atoms with van der Waals surface area (Å²) < 4.78 is 2.27. The van der Waals surface area contributed by atoms with Crippen LogP contribution < -0.4 is 0 Å². The van der Waals surface area contributed by atoms with Gasteiger partial charge in [-0.15, -0.1) is 23.8 Å². The van der Waals surface area contributed by atoms with Gasteiger partial charge in [0, 0.05) is 44.2 Å². The van der Waals surface area contributed by atoms with Gasteiger partial charge in [-0.05, 0) is 96.6 Å². The number of imidazole rings is 1. The summed E-state index contributed by atoms with van der Waals surface area (Å²) in [6.07, 6.45) is 1.90. The maximum atomic E-state index is 12.6. The molecule has 0 aliphatic carbocycles. The zero-order valence-corrected chi connectivity index (χ0v) is 44.4. The number of benzene rings is 8. The summed E-state index contributed by atoms with van der Waals surface area (Å²) in [4.78, 5) is 10.7. The van der Waals surface area contributed by atoms with Crippen molar-refractivity contribution in [1.82, 2.24) is 14.5 Å². The molecule has 8 aromatic carbocycles. The number of nitrogens with zero attached hydrogens (tertiary/aromatic N) is 3. The second kappa shape index (κ2) is 19.2. The van der Waals surface area contributed by atoms with Crippen LogP contribution in [0.15, 0.2) is 194 Å². The molecular weight excluding hydrogens is 1050 g/mol. The van der Waals surface area contributed by atoms with Crippen LogP contribution in [0.2, 0.25) is 0 Å². The van der Waals surface area contributed by atoms with E-state index < -0.39 is 0 Å². The summed E-state index contributed by atoms with van der Waals surface area (Å²) >= 11 is 0. The van der Waals surface area contributed by atoms with Crippen LogP contribution in [-0.4, -0.2) is 19.6 Å². The molecule has 5 heteroatoms. The number of fused-ring (bicyclic) bond motifs is 1. The van der Waals surface area contributed by atoms with E-state index in [1.807, 2.05) is 12.3 Å². The van der Waals surface area contributed by atoms with Crippen molar-refractivity contribution in [1.29, 1.82) is 0 Å². The first kappa shape index (κ1) is 48.9. The van der Waals surface area contributed by atoms with Crippen LogP contribution in [0.4, 0.5) is 0 Å². The van der Waals surface area contributed by atoms with Gasteiger partial charge < -0.3 is 5.11 Å². The number of pyridine rings is 1. The monoisotopic (exact) mass is 1110 g/mol. The molecule has 1 N–H and O–H groups in total. The van der Waals surface area contributed by atoms with Crippen LogP contribution in [0.25, 0.3) is 95.0 Å². The van der Waals surface area contributed by atoms with Gasteiger partial charge in [-0.3, -0.25) is 9.55 Å². The topological polar surface area (TPSA) is 50.9 Å². The van der Waals surface area contributed by atoms with E-state index in [0.29, 0.717) is 11.4 Å². The number of phenols is 1. The van der Waals surface area contributed by atoms with Gasteiger partial charge in [0.2, 0.25) is 0 Å². The molecular formula is C66H60N3OPt-. The predicted molar refractivity (Wildman–Crippen MR) is 294 cm³/mol. The Labute approximate surface area is 434 Å². The van der Waals surface area contributed by atoms with E-state index in [1.165, 1.54) is 16.7 Å². The van der Waals surface area contributed by atoms with Crippen molar-refractivity contribution in [2.75, 3.05) is 0 Å². The molecule has 4 nitrogen and oxygen atoms in total. The van der Waals surface area contributed by atoms with E-state index >= 15 is 0 Å². The van der Waals surface area contributed by atoms with E-state index in [9.17, 15) is 5.11 Å². The number of hydrogen-bond donors (Lipinski definition) is 1. The Morgan fingerprint density at radius 3 is 1.54 bits per heavy atom. The van der Waals surface area contributed by atoms with E-state index in [2.05, 4.69) is 255 Å². The third kappa shape index (κ3) is 9.97. The minimum absolute atomic E-state index is 0. The third-order valence-corrected chi connectivity index (χ3v) is 13.5. The fourth-order valence-corrected chi connectivity index (χ4v) is 9.43. The van der Waals surface area contributed by atoms with Crippen LogP contribution >= 0.6 is 0 Å². The average Bonchev–Trinajstić information content (AvgIpc) is 3.76. The zero-order valence-electron chi connectivity index (χ0n) is 42.1. The molecule has 0 saturated heterocycles. The largest absolute Gasteiger partial charge is 0.507 e. The number of aromatic hydroxyl groups is 1. The van der Waals surface area contributed by atoms with Crippen LogP contribution in [0, 0.1) is 6.07 Å². The summed E-state index contributed by atoms with van der Waals surface area (Å²) in [7, 11) is 0. The van der Waals surface area contributed by atoms with Gasteiger partial charge in [0.15, 0.2) is 0 Å². The summed E-state index contributed by atoms with van der Waals surface area (Å²) in [6, 6.07) is 70.5. The van der Waals surface area contributed by atoms with Gasteiger partial charge >= 0.3 is 0 Å². The minimum Gasteiger partial charge on any atom is -0.507 e. The van der Waals surface area contributed by atoms with Crippen molar-refractivity contribution in [3.8, 4) is 89.7 Å². The molecule has 0 spiro atoms. The molecule has 0 amide bonds. The van der Waals surface area contributed by atoms with Crippen molar-refractivity contribution in [3.05, 3.63) is 217 Å². The molecule has 356 valence electrons. The molecule has 0 atom stereocenters. The van der Waals surface area contributed by atoms with E-state index in [-0.39, 0.29) is 43.1 Å². The molecule has 0 radical (unpaired) electrons. The standard InChI is InChI=1S/C66H60N3O.Pt/c1-64(2,3)53-37-50(45-24-17-12-18-25-45)38-55(40-53)69-60-27-19-26-56(61(60)68-63(69)57-41-54(65(4,5)6)42-58(62(57)70)66(7,8)9)51-34-49(44-22-15-11-16-23-44)35-52(36-51)59-39-48(32-33-67-59)47-30-28-46(29-31-47)43-20-13-10-14-21-43;/h10-35,37-42,70H,1-9H3;/q-1;. The van der Waals surface area contributed by atoms with Crippen molar-refractivity contribution in [3.63, 3.8) is 0 Å². The Balaban J connectivity index is 0.00000624. The number of aromatic nitrogens is 3. The Kier molecular flexibility index (Phi) is 13.2. The Morgan fingerprint density at radius 2 is 0.958 bits per heavy atom. The second-order valence-electron chi connectivity index (χ2n) is 21.7. The van der Waals surface area contributed by atoms with E-state index in [0.717, 1.165) is 83.6 Å². The normalized spacial score (nSPS) is 12.0. The molecule has 0 aliphatic rings. The molecule has 0 unspecified atom stereocenters. The number of hydrogen-bond acceptors (Lipinski definition) is 3. The molecule has 10 aromatic rings. The van der Waals surface area contributed by atoms with Crippen molar-refractivity contribution in [2.45, 2.75) is 78.6 Å².